The van der Waals surface area contributed by atoms with Gasteiger partial charge < -0.3 is 9.64 Å². The lowest BCUT2D eigenvalue weighted by Gasteiger charge is -2.20. The van der Waals surface area contributed by atoms with Gasteiger partial charge in [0.25, 0.3) is 0 Å². The van der Waals surface area contributed by atoms with Crippen LogP contribution in [0.2, 0.25) is 0 Å². The summed E-state index contributed by atoms with van der Waals surface area (Å²) in [5, 5.41) is 0. The maximum Gasteiger partial charge on any atom is 0.226 e. The molecule has 1 fully saturated rings. The predicted octanol–water partition coefficient (Wildman–Crippen LogP) is 2.62. The average Bonchev–Trinajstić information content (AvgIpc) is 2.42. The minimum absolute atomic E-state index is 0.145. The van der Waals surface area contributed by atoms with Crippen molar-refractivity contribution in [1.29, 1.82) is 0 Å². The zero-order chi connectivity index (χ0) is 12.1. The Labute approximate surface area is 97.1 Å². The lowest BCUT2D eigenvalue weighted by molar-refractivity contribution is -0.127. The summed E-state index contributed by atoms with van der Waals surface area (Å²) in [6.45, 7) is 5.75. The number of methoxy groups -OCH3 is 1. The van der Waals surface area contributed by atoms with Crippen molar-refractivity contribution < 1.29 is 9.53 Å². The van der Waals surface area contributed by atoms with Crippen molar-refractivity contribution in [1.82, 2.24) is 4.90 Å². The molecule has 1 heterocycles. The van der Waals surface area contributed by atoms with Crippen LogP contribution in [0.3, 0.4) is 0 Å². The second-order valence-electron chi connectivity index (χ2n) is 3.82. The molecule has 0 unspecified atom stereocenters. The Morgan fingerprint density at radius 2 is 2.19 bits per heavy atom. The molecule has 3 heteroatoms. The summed E-state index contributed by atoms with van der Waals surface area (Å²) in [4.78, 5) is 13.4. The van der Waals surface area contributed by atoms with E-state index in [-0.39, 0.29) is 5.91 Å². The molecule has 0 radical (unpaired) electrons. The van der Waals surface area contributed by atoms with Crippen LogP contribution in [0, 0.1) is 0 Å². The second-order valence-corrected chi connectivity index (χ2v) is 3.82. The molecule has 88 valence electrons. The van der Waals surface area contributed by atoms with Gasteiger partial charge in [0.05, 0.1) is 7.11 Å². The van der Waals surface area contributed by atoms with Gasteiger partial charge in [-0.05, 0) is 25.3 Å². The summed E-state index contributed by atoms with van der Waals surface area (Å²) in [5.74, 6) is 0.711. The SMILES string of the molecule is C=C(/C=C1\C(=C/C)CCCC(=O)N1C)OC. The Kier molecular flexibility index (Phi) is 4.35. The van der Waals surface area contributed by atoms with Crippen LogP contribution in [-0.2, 0) is 9.53 Å². The minimum atomic E-state index is 0.145. The number of likely N-dealkylation sites (N-methyl/N-ethyl adjacent to an activating group) is 1. The van der Waals surface area contributed by atoms with Gasteiger partial charge in [-0.1, -0.05) is 12.7 Å². The van der Waals surface area contributed by atoms with Gasteiger partial charge in [-0.2, -0.15) is 0 Å². The average molecular weight is 221 g/mol. The highest BCUT2D eigenvalue weighted by atomic mass is 16.5. The molecular formula is C13H19NO2. The van der Waals surface area contributed by atoms with Crippen molar-refractivity contribution in [3.05, 3.63) is 35.8 Å². The number of likely N-dealkylation sites (tertiary alicyclic amines) is 1. The van der Waals surface area contributed by atoms with Gasteiger partial charge >= 0.3 is 0 Å². The summed E-state index contributed by atoms with van der Waals surface area (Å²) in [6, 6.07) is 0. The number of nitrogens with zero attached hydrogens (tertiary/aromatic N) is 1. The third-order valence-electron chi connectivity index (χ3n) is 2.81. The van der Waals surface area contributed by atoms with Crippen LogP contribution in [0.4, 0.5) is 0 Å². The molecule has 3 nitrogen and oxygen atoms in total. The van der Waals surface area contributed by atoms with E-state index >= 15 is 0 Å². The summed E-state index contributed by atoms with van der Waals surface area (Å²) in [7, 11) is 3.37. The monoisotopic (exact) mass is 221 g/mol. The molecule has 1 rings (SSSR count). The van der Waals surface area contributed by atoms with Crippen LogP contribution in [0.15, 0.2) is 35.8 Å². The van der Waals surface area contributed by atoms with Crippen LogP contribution in [-0.4, -0.2) is 25.0 Å². The Hall–Kier alpha value is -1.51. The Balaban J connectivity index is 3.09. The lowest BCUT2D eigenvalue weighted by Crippen LogP contribution is -2.24. The van der Waals surface area contributed by atoms with E-state index in [4.69, 9.17) is 4.74 Å². The van der Waals surface area contributed by atoms with Crippen molar-refractivity contribution in [3.63, 3.8) is 0 Å². The standard InChI is InChI=1S/C13H19NO2/c1-5-11-7-6-8-13(15)14(3)12(11)9-10(2)16-4/h5,9H,2,6-8H2,1,3-4H3/b11-5-,12-9+. The normalized spacial score (nSPS) is 22.4. The fourth-order valence-electron chi connectivity index (χ4n) is 1.77. The number of hydrogen-bond donors (Lipinski definition) is 0. The smallest absolute Gasteiger partial charge is 0.226 e. The number of carbonyl (C=O) groups excluding carboxylic acids is 1. The summed E-state index contributed by atoms with van der Waals surface area (Å²) >= 11 is 0. The highest BCUT2D eigenvalue weighted by Gasteiger charge is 2.20. The van der Waals surface area contributed by atoms with Crippen LogP contribution in [0.1, 0.15) is 26.2 Å². The molecule has 0 saturated carbocycles. The minimum Gasteiger partial charge on any atom is -0.497 e. The van der Waals surface area contributed by atoms with E-state index in [0.29, 0.717) is 12.2 Å². The molecule has 0 aromatic heterocycles. The Morgan fingerprint density at radius 1 is 1.50 bits per heavy atom. The Bertz CT molecular complexity index is 353. The van der Waals surface area contributed by atoms with Crippen LogP contribution < -0.4 is 0 Å². The third-order valence-corrected chi connectivity index (χ3v) is 2.81. The van der Waals surface area contributed by atoms with Crippen molar-refractivity contribution in [2.45, 2.75) is 26.2 Å². The van der Waals surface area contributed by atoms with Crippen LogP contribution in [0.25, 0.3) is 0 Å². The number of rotatable bonds is 2. The maximum absolute atomic E-state index is 11.7. The molecular weight excluding hydrogens is 202 g/mol. The van der Waals surface area contributed by atoms with E-state index in [1.165, 1.54) is 5.57 Å². The number of allylic oxidation sites excluding steroid dienone is 3. The molecule has 0 N–H and O–H groups in total. The molecule has 0 aromatic carbocycles. The van der Waals surface area contributed by atoms with Crippen LogP contribution >= 0.6 is 0 Å². The van der Waals surface area contributed by atoms with Crippen molar-refractivity contribution >= 4 is 5.91 Å². The molecule has 0 aliphatic carbocycles. The van der Waals surface area contributed by atoms with Gasteiger partial charge in [-0.15, -0.1) is 0 Å². The Morgan fingerprint density at radius 3 is 2.75 bits per heavy atom. The van der Waals surface area contributed by atoms with Gasteiger partial charge in [0.1, 0.15) is 5.76 Å². The fraction of sp³-hybridized carbons (Fsp3) is 0.462. The molecule has 1 amide bonds. The van der Waals surface area contributed by atoms with Crippen molar-refractivity contribution in [3.8, 4) is 0 Å². The molecule has 0 atom stereocenters. The van der Waals surface area contributed by atoms with Crippen molar-refractivity contribution in [2.75, 3.05) is 14.2 Å². The first-order chi connectivity index (χ1) is 7.60. The summed E-state index contributed by atoms with van der Waals surface area (Å²) in [6.07, 6.45) is 6.29. The molecule has 1 aliphatic heterocycles. The first-order valence-electron chi connectivity index (χ1n) is 5.46. The van der Waals surface area contributed by atoms with Gasteiger partial charge in [0, 0.05) is 25.2 Å². The first kappa shape index (κ1) is 12.6. The molecule has 0 aromatic rings. The zero-order valence-electron chi connectivity index (χ0n) is 10.2. The van der Waals surface area contributed by atoms with E-state index in [2.05, 4.69) is 6.58 Å². The topological polar surface area (TPSA) is 29.5 Å². The van der Waals surface area contributed by atoms with Gasteiger partial charge in [0.15, 0.2) is 0 Å². The third kappa shape index (κ3) is 2.75. The quantitative estimate of drug-likeness (QED) is 0.671. The molecule has 16 heavy (non-hydrogen) atoms. The van der Waals surface area contributed by atoms with Gasteiger partial charge in [-0.25, -0.2) is 0 Å². The van der Waals surface area contributed by atoms with E-state index in [1.54, 1.807) is 19.1 Å². The second kappa shape index (κ2) is 5.54. The van der Waals surface area contributed by atoms with E-state index < -0.39 is 0 Å². The van der Waals surface area contributed by atoms with Crippen molar-refractivity contribution in [2.24, 2.45) is 0 Å². The van der Waals surface area contributed by atoms with E-state index in [0.717, 1.165) is 18.5 Å². The predicted molar refractivity (Wildman–Crippen MR) is 64.6 cm³/mol. The van der Waals surface area contributed by atoms with E-state index in [9.17, 15) is 4.79 Å². The first-order valence-corrected chi connectivity index (χ1v) is 5.46. The highest BCUT2D eigenvalue weighted by molar-refractivity contribution is 5.79. The summed E-state index contributed by atoms with van der Waals surface area (Å²) in [5.41, 5.74) is 2.07. The fourth-order valence-corrected chi connectivity index (χ4v) is 1.77. The largest absolute Gasteiger partial charge is 0.497 e. The molecule has 0 bridgehead atoms. The van der Waals surface area contributed by atoms with Gasteiger partial charge in [-0.3, -0.25) is 4.79 Å². The van der Waals surface area contributed by atoms with Gasteiger partial charge in [0.2, 0.25) is 5.91 Å². The number of hydrogen-bond acceptors (Lipinski definition) is 2. The molecule has 1 saturated heterocycles. The highest BCUT2D eigenvalue weighted by Crippen LogP contribution is 2.26. The number of ether oxygens (including phenoxy) is 1. The summed E-state index contributed by atoms with van der Waals surface area (Å²) < 4.78 is 5.03. The number of carbonyl (C=O) groups is 1. The van der Waals surface area contributed by atoms with E-state index in [1.807, 2.05) is 19.1 Å². The number of amides is 1. The lowest BCUT2D eigenvalue weighted by atomic mass is 10.1. The zero-order valence-corrected chi connectivity index (χ0v) is 10.2. The molecule has 0 spiro atoms. The van der Waals surface area contributed by atoms with Crippen LogP contribution in [0.5, 0.6) is 0 Å². The molecule has 1 aliphatic rings. The maximum atomic E-state index is 11.7.